The van der Waals surface area contributed by atoms with E-state index in [1.54, 1.807) is 4.57 Å². The maximum atomic E-state index is 13.6. The zero-order valence-electron chi connectivity index (χ0n) is 21.3. The molecule has 8 nitrogen and oxygen atoms in total. The van der Waals surface area contributed by atoms with E-state index in [0.29, 0.717) is 44.5 Å². The molecule has 0 radical (unpaired) electrons. The molecule has 3 aromatic rings. The van der Waals surface area contributed by atoms with E-state index >= 15 is 0 Å². The second kappa shape index (κ2) is 10.9. The number of hydrogen-bond donors (Lipinski definition) is 2. The third-order valence-corrected chi connectivity index (χ3v) is 7.67. The number of amides is 1. The van der Waals surface area contributed by atoms with Crippen molar-refractivity contribution in [2.75, 3.05) is 23.8 Å². The minimum Gasteiger partial charge on any atom is -0.461 e. The van der Waals surface area contributed by atoms with Crippen LogP contribution in [0.1, 0.15) is 63.2 Å². The molecule has 1 saturated carbocycles. The van der Waals surface area contributed by atoms with Crippen molar-refractivity contribution in [1.82, 2.24) is 9.55 Å². The third kappa shape index (κ3) is 5.19. The molecule has 5 rings (SSSR count). The summed E-state index contributed by atoms with van der Waals surface area (Å²) in [5.74, 6) is 1.63. The second-order valence-corrected chi connectivity index (χ2v) is 10.1. The van der Waals surface area contributed by atoms with E-state index in [4.69, 9.17) is 9.15 Å². The van der Waals surface area contributed by atoms with E-state index in [1.165, 1.54) is 25.5 Å². The zero-order chi connectivity index (χ0) is 25.1. The standard InChI is InChI=1S/C28H36N4O4/c1-3-24-18(2)22-15-21(9-10-25(22)36-24)30-28-29-16-23(31-26(33)20-11-13-35-14-12-20)27(34)32(28)17-19-7-5-4-6-8-19/h9-10,15-16,19-20H,3-8,11-14,17H2,1-2H3,(H,29,30)(H,31,33). The van der Waals surface area contributed by atoms with Gasteiger partial charge in [0.2, 0.25) is 11.9 Å². The lowest BCUT2D eigenvalue weighted by Crippen LogP contribution is -2.34. The largest absolute Gasteiger partial charge is 0.461 e. The molecule has 192 valence electrons. The molecular formula is C28H36N4O4. The van der Waals surface area contributed by atoms with E-state index < -0.39 is 0 Å². The van der Waals surface area contributed by atoms with Gasteiger partial charge >= 0.3 is 0 Å². The average molecular weight is 493 g/mol. The number of furan rings is 1. The summed E-state index contributed by atoms with van der Waals surface area (Å²) in [4.78, 5) is 31.0. The van der Waals surface area contributed by atoms with Gasteiger partial charge < -0.3 is 19.8 Å². The number of carbonyl (C=O) groups is 1. The number of ether oxygens (including phenoxy) is 1. The summed E-state index contributed by atoms with van der Waals surface area (Å²) >= 11 is 0. The van der Waals surface area contributed by atoms with Crippen molar-refractivity contribution in [1.29, 1.82) is 0 Å². The number of fused-ring (bicyclic) bond motifs is 1. The topological polar surface area (TPSA) is 98.4 Å². The Bertz CT molecular complexity index is 1280. The third-order valence-electron chi connectivity index (χ3n) is 7.67. The van der Waals surface area contributed by atoms with E-state index in [2.05, 4.69) is 29.5 Å². The van der Waals surface area contributed by atoms with Crippen molar-refractivity contribution in [2.45, 2.75) is 71.8 Å². The van der Waals surface area contributed by atoms with Gasteiger partial charge in [-0.15, -0.1) is 0 Å². The van der Waals surface area contributed by atoms with Gasteiger partial charge in [0.15, 0.2) is 0 Å². The normalized spacial score (nSPS) is 17.4. The number of benzene rings is 1. The van der Waals surface area contributed by atoms with Crippen LogP contribution in [-0.2, 0) is 22.5 Å². The Morgan fingerprint density at radius 3 is 2.67 bits per heavy atom. The van der Waals surface area contributed by atoms with Gasteiger partial charge in [0.1, 0.15) is 17.0 Å². The fourth-order valence-electron chi connectivity index (χ4n) is 5.49. The summed E-state index contributed by atoms with van der Waals surface area (Å²) in [6.45, 7) is 5.89. The molecule has 36 heavy (non-hydrogen) atoms. The number of nitrogens with one attached hydrogen (secondary N) is 2. The molecule has 0 spiro atoms. The Morgan fingerprint density at radius 2 is 1.92 bits per heavy atom. The Kier molecular flexibility index (Phi) is 7.41. The molecule has 1 amide bonds. The van der Waals surface area contributed by atoms with Crippen LogP contribution in [0.3, 0.4) is 0 Å². The molecule has 2 aliphatic rings. The number of hydrogen-bond acceptors (Lipinski definition) is 6. The lowest BCUT2D eigenvalue weighted by Gasteiger charge is -2.25. The molecule has 1 saturated heterocycles. The molecule has 2 aromatic heterocycles. The van der Waals surface area contributed by atoms with Crippen molar-refractivity contribution in [2.24, 2.45) is 11.8 Å². The van der Waals surface area contributed by atoms with E-state index in [1.807, 2.05) is 18.2 Å². The summed E-state index contributed by atoms with van der Waals surface area (Å²) in [6, 6.07) is 5.95. The first-order chi connectivity index (χ1) is 17.5. The van der Waals surface area contributed by atoms with Crippen molar-refractivity contribution >= 4 is 34.2 Å². The maximum absolute atomic E-state index is 13.6. The summed E-state index contributed by atoms with van der Waals surface area (Å²) in [5.41, 5.74) is 2.86. The smallest absolute Gasteiger partial charge is 0.278 e. The van der Waals surface area contributed by atoms with Crippen LogP contribution in [-0.4, -0.2) is 28.7 Å². The molecule has 0 unspecified atom stereocenters. The van der Waals surface area contributed by atoms with E-state index in [0.717, 1.165) is 47.2 Å². The Morgan fingerprint density at radius 1 is 1.14 bits per heavy atom. The number of rotatable bonds is 7. The van der Waals surface area contributed by atoms with E-state index in [-0.39, 0.29) is 23.1 Å². The molecule has 2 N–H and O–H groups in total. The van der Waals surface area contributed by atoms with Crippen LogP contribution in [0.25, 0.3) is 11.0 Å². The summed E-state index contributed by atoms with van der Waals surface area (Å²) in [6.07, 6.45) is 9.49. The highest BCUT2D eigenvalue weighted by Crippen LogP contribution is 2.30. The second-order valence-electron chi connectivity index (χ2n) is 10.1. The van der Waals surface area contributed by atoms with Crippen LogP contribution >= 0.6 is 0 Å². The molecule has 3 heterocycles. The number of nitrogens with zero attached hydrogens (tertiary/aromatic N) is 2. The van der Waals surface area contributed by atoms with Crippen LogP contribution in [0.4, 0.5) is 17.3 Å². The first-order valence-corrected chi connectivity index (χ1v) is 13.3. The van der Waals surface area contributed by atoms with Gasteiger partial charge in [0, 0.05) is 43.2 Å². The van der Waals surface area contributed by atoms with Crippen molar-refractivity contribution in [3.05, 3.63) is 46.1 Å². The lowest BCUT2D eigenvalue weighted by atomic mass is 9.89. The lowest BCUT2D eigenvalue weighted by molar-refractivity contribution is -0.122. The van der Waals surface area contributed by atoms with Crippen LogP contribution in [0, 0.1) is 18.8 Å². The van der Waals surface area contributed by atoms with Gasteiger partial charge in [-0.05, 0) is 62.3 Å². The quantitative estimate of drug-likeness (QED) is 0.449. The molecule has 1 aliphatic heterocycles. The molecular weight excluding hydrogens is 456 g/mol. The van der Waals surface area contributed by atoms with Gasteiger partial charge in [-0.2, -0.15) is 0 Å². The Balaban J connectivity index is 1.44. The van der Waals surface area contributed by atoms with Crippen molar-refractivity contribution < 1.29 is 13.9 Å². The highest BCUT2D eigenvalue weighted by atomic mass is 16.5. The maximum Gasteiger partial charge on any atom is 0.278 e. The average Bonchev–Trinajstić information content (AvgIpc) is 3.23. The van der Waals surface area contributed by atoms with Gasteiger partial charge in [0.25, 0.3) is 5.56 Å². The van der Waals surface area contributed by atoms with Crippen LogP contribution in [0.5, 0.6) is 0 Å². The Hall–Kier alpha value is -3.13. The summed E-state index contributed by atoms with van der Waals surface area (Å²) in [5, 5.41) is 7.29. The Labute approximate surface area is 211 Å². The molecule has 0 atom stereocenters. The highest BCUT2D eigenvalue weighted by Gasteiger charge is 2.24. The molecule has 8 heteroatoms. The van der Waals surface area contributed by atoms with Crippen LogP contribution in [0.2, 0.25) is 0 Å². The van der Waals surface area contributed by atoms with Crippen LogP contribution < -0.4 is 16.2 Å². The predicted octanol–water partition coefficient (Wildman–Crippen LogP) is 5.55. The number of anilines is 3. The molecule has 1 aromatic carbocycles. The SMILES string of the molecule is CCc1oc2ccc(Nc3ncc(NC(=O)C4CCOCC4)c(=O)n3CC3CCCCC3)cc2c1C. The van der Waals surface area contributed by atoms with Gasteiger partial charge in [-0.25, -0.2) is 4.98 Å². The van der Waals surface area contributed by atoms with Crippen molar-refractivity contribution in [3.8, 4) is 0 Å². The molecule has 2 fully saturated rings. The number of aromatic nitrogens is 2. The highest BCUT2D eigenvalue weighted by molar-refractivity contribution is 5.92. The molecule has 0 bridgehead atoms. The van der Waals surface area contributed by atoms with E-state index in [9.17, 15) is 9.59 Å². The zero-order valence-corrected chi connectivity index (χ0v) is 21.3. The molecule has 1 aliphatic carbocycles. The van der Waals surface area contributed by atoms with Crippen LogP contribution in [0.15, 0.2) is 33.6 Å². The minimum atomic E-state index is -0.215. The minimum absolute atomic E-state index is 0.130. The first kappa shape index (κ1) is 24.6. The number of aryl methyl sites for hydroxylation is 2. The first-order valence-electron chi connectivity index (χ1n) is 13.3. The van der Waals surface area contributed by atoms with Gasteiger partial charge in [-0.3, -0.25) is 14.2 Å². The fourth-order valence-corrected chi connectivity index (χ4v) is 5.49. The summed E-state index contributed by atoms with van der Waals surface area (Å²) in [7, 11) is 0. The fraction of sp³-hybridized carbons (Fsp3) is 0.536. The summed E-state index contributed by atoms with van der Waals surface area (Å²) < 4.78 is 13.0. The van der Waals surface area contributed by atoms with Crippen molar-refractivity contribution in [3.63, 3.8) is 0 Å². The predicted molar refractivity (Wildman–Crippen MR) is 141 cm³/mol. The van der Waals surface area contributed by atoms with Gasteiger partial charge in [0.05, 0.1) is 6.20 Å². The van der Waals surface area contributed by atoms with Gasteiger partial charge in [-0.1, -0.05) is 26.2 Å². The monoisotopic (exact) mass is 492 g/mol. The number of carbonyl (C=O) groups excluding carboxylic acids is 1.